The molecule has 6 nitrogen and oxygen atoms in total. The van der Waals surface area contributed by atoms with Gasteiger partial charge >= 0.3 is 0 Å². The van der Waals surface area contributed by atoms with E-state index in [0.29, 0.717) is 16.5 Å². The van der Waals surface area contributed by atoms with Crippen LogP contribution in [0.3, 0.4) is 0 Å². The predicted molar refractivity (Wildman–Crippen MR) is 84.8 cm³/mol. The lowest BCUT2D eigenvalue weighted by Gasteiger charge is -2.22. The first-order chi connectivity index (χ1) is 10.5. The van der Waals surface area contributed by atoms with Gasteiger partial charge < -0.3 is 14.5 Å². The lowest BCUT2D eigenvalue weighted by atomic mass is 10.2. The van der Waals surface area contributed by atoms with Crippen LogP contribution in [0.2, 0.25) is 5.02 Å². The van der Waals surface area contributed by atoms with Crippen LogP contribution in [0.25, 0.3) is 11.0 Å². The summed E-state index contributed by atoms with van der Waals surface area (Å²) in [6, 6.07) is 5.26. The van der Waals surface area contributed by atoms with Gasteiger partial charge in [0.1, 0.15) is 11.5 Å². The van der Waals surface area contributed by atoms with E-state index in [1.165, 1.54) is 0 Å². The van der Waals surface area contributed by atoms with Gasteiger partial charge in [-0.2, -0.15) is 0 Å². The van der Waals surface area contributed by atoms with Gasteiger partial charge in [-0.15, -0.1) is 0 Å². The van der Waals surface area contributed by atoms with Crippen LogP contribution in [-0.4, -0.2) is 37.4 Å². The molecule has 1 N–H and O–H groups in total. The molecule has 0 spiro atoms. The highest BCUT2D eigenvalue weighted by Crippen LogP contribution is 2.23. The minimum Gasteiger partial charge on any atom is -0.340 e. The number of carbonyl (C=O) groups is 1. The van der Waals surface area contributed by atoms with E-state index in [2.05, 4.69) is 15.0 Å². The molecule has 3 rings (SSSR count). The molecule has 0 aliphatic rings. The van der Waals surface area contributed by atoms with Crippen molar-refractivity contribution >= 4 is 28.5 Å². The second-order valence-electron chi connectivity index (χ2n) is 5.30. The van der Waals surface area contributed by atoms with Crippen LogP contribution in [-0.2, 0) is 7.05 Å². The van der Waals surface area contributed by atoms with Gasteiger partial charge in [-0.25, -0.2) is 9.97 Å². The molecule has 0 bridgehead atoms. The normalized spacial score (nSPS) is 12.5. The first kappa shape index (κ1) is 14.6. The number of nitrogens with zero attached hydrogens (tertiary/aromatic N) is 4. The summed E-state index contributed by atoms with van der Waals surface area (Å²) in [6.45, 7) is 1.92. The Labute approximate surface area is 132 Å². The molecule has 2 heterocycles. The number of imidazole rings is 2. The van der Waals surface area contributed by atoms with Gasteiger partial charge in [0, 0.05) is 25.3 Å². The van der Waals surface area contributed by atoms with Crippen LogP contribution in [0.4, 0.5) is 0 Å². The number of nitrogens with one attached hydrogen (secondary N) is 1. The van der Waals surface area contributed by atoms with Gasteiger partial charge in [-0.1, -0.05) is 11.6 Å². The average Bonchev–Trinajstić information content (AvgIpc) is 3.10. The summed E-state index contributed by atoms with van der Waals surface area (Å²) in [6.07, 6.45) is 3.30. The van der Waals surface area contributed by atoms with Crippen molar-refractivity contribution in [3.05, 3.63) is 47.3 Å². The van der Waals surface area contributed by atoms with E-state index in [9.17, 15) is 4.79 Å². The zero-order valence-corrected chi connectivity index (χ0v) is 13.3. The van der Waals surface area contributed by atoms with Crippen LogP contribution in [0.15, 0.2) is 30.7 Å². The summed E-state index contributed by atoms with van der Waals surface area (Å²) in [7, 11) is 3.57. The fourth-order valence-electron chi connectivity index (χ4n) is 2.26. The molecule has 7 heteroatoms. The number of aromatic nitrogens is 4. The third-order valence-electron chi connectivity index (χ3n) is 3.68. The Bertz CT molecular complexity index is 837. The highest BCUT2D eigenvalue weighted by atomic mass is 35.5. The number of carbonyl (C=O) groups excluding carboxylic acids is 1. The van der Waals surface area contributed by atoms with E-state index in [4.69, 9.17) is 11.6 Å². The van der Waals surface area contributed by atoms with Crippen molar-refractivity contribution in [2.24, 2.45) is 7.05 Å². The predicted octanol–water partition coefficient (Wildman–Crippen LogP) is 2.78. The van der Waals surface area contributed by atoms with Gasteiger partial charge in [-0.05, 0) is 25.1 Å². The highest BCUT2D eigenvalue weighted by molar-refractivity contribution is 6.31. The number of benzene rings is 1. The zero-order valence-electron chi connectivity index (χ0n) is 12.5. The third kappa shape index (κ3) is 2.57. The summed E-state index contributed by atoms with van der Waals surface area (Å²) >= 11 is 5.98. The molecule has 0 radical (unpaired) electrons. The van der Waals surface area contributed by atoms with E-state index in [1.807, 2.05) is 26.1 Å². The maximum atomic E-state index is 12.4. The standard InChI is InChI=1S/C15H16ClN5O/c1-9(21(3)15(22)13-7-20(2)8-17-13)14-18-11-5-4-10(16)6-12(11)19-14/h4-9H,1-3H3,(H,18,19). The highest BCUT2D eigenvalue weighted by Gasteiger charge is 2.23. The molecule has 0 saturated heterocycles. The summed E-state index contributed by atoms with van der Waals surface area (Å²) in [5.41, 5.74) is 2.09. The molecule has 2 aromatic heterocycles. The molecular weight excluding hydrogens is 302 g/mol. The van der Waals surface area contributed by atoms with E-state index < -0.39 is 0 Å². The Hall–Kier alpha value is -2.34. The van der Waals surface area contributed by atoms with Crippen molar-refractivity contribution < 1.29 is 4.79 Å². The Morgan fingerprint density at radius 2 is 2.23 bits per heavy atom. The largest absolute Gasteiger partial charge is 0.340 e. The third-order valence-corrected chi connectivity index (χ3v) is 3.92. The fourth-order valence-corrected chi connectivity index (χ4v) is 2.43. The lowest BCUT2D eigenvalue weighted by Crippen LogP contribution is -2.30. The monoisotopic (exact) mass is 317 g/mol. The first-order valence-electron chi connectivity index (χ1n) is 6.86. The van der Waals surface area contributed by atoms with Gasteiger partial charge in [-0.3, -0.25) is 4.79 Å². The van der Waals surface area contributed by atoms with Gasteiger partial charge in [0.2, 0.25) is 0 Å². The summed E-state index contributed by atoms with van der Waals surface area (Å²) in [5.74, 6) is 0.565. The second kappa shape index (κ2) is 5.46. The number of rotatable bonds is 3. The minimum atomic E-state index is -0.208. The Balaban J connectivity index is 1.87. The number of aryl methyl sites for hydroxylation is 1. The lowest BCUT2D eigenvalue weighted by molar-refractivity contribution is 0.0732. The van der Waals surface area contributed by atoms with Crippen LogP contribution >= 0.6 is 11.6 Å². The van der Waals surface area contributed by atoms with E-state index >= 15 is 0 Å². The van der Waals surface area contributed by atoms with E-state index in [0.717, 1.165) is 11.0 Å². The van der Waals surface area contributed by atoms with Crippen molar-refractivity contribution in [1.29, 1.82) is 0 Å². The van der Waals surface area contributed by atoms with Crippen molar-refractivity contribution in [2.45, 2.75) is 13.0 Å². The van der Waals surface area contributed by atoms with Gasteiger partial charge in [0.15, 0.2) is 0 Å². The van der Waals surface area contributed by atoms with E-state index in [-0.39, 0.29) is 11.9 Å². The SMILES string of the molecule is CC(c1nc2ccc(Cl)cc2[nH]1)N(C)C(=O)c1cn(C)cn1. The summed E-state index contributed by atoms with van der Waals surface area (Å²) < 4.78 is 1.74. The van der Waals surface area contributed by atoms with Crippen molar-refractivity contribution in [3.8, 4) is 0 Å². The molecule has 114 valence electrons. The van der Waals surface area contributed by atoms with Gasteiger partial charge in [0.25, 0.3) is 5.91 Å². The topological polar surface area (TPSA) is 66.8 Å². The first-order valence-corrected chi connectivity index (χ1v) is 7.24. The smallest absolute Gasteiger partial charge is 0.274 e. The Morgan fingerprint density at radius 1 is 1.45 bits per heavy atom. The molecule has 1 unspecified atom stereocenters. The van der Waals surface area contributed by atoms with Crippen LogP contribution in [0.5, 0.6) is 0 Å². The fraction of sp³-hybridized carbons (Fsp3) is 0.267. The Kier molecular flexibility index (Phi) is 3.62. The van der Waals surface area contributed by atoms with E-state index in [1.54, 1.807) is 35.1 Å². The number of fused-ring (bicyclic) bond motifs is 1. The number of aromatic amines is 1. The zero-order chi connectivity index (χ0) is 15.9. The molecule has 1 atom stereocenters. The number of halogens is 1. The van der Waals surface area contributed by atoms with Crippen molar-refractivity contribution in [3.63, 3.8) is 0 Å². The molecule has 22 heavy (non-hydrogen) atoms. The molecule has 1 aromatic carbocycles. The van der Waals surface area contributed by atoms with Crippen LogP contribution < -0.4 is 0 Å². The summed E-state index contributed by atoms with van der Waals surface area (Å²) in [4.78, 5) is 25.9. The number of amides is 1. The molecule has 0 aliphatic heterocycles. The maximum absolute atomic E-state index is 12.4. The molecular formula is C15H16ClN5O. The average molecular weight is 318 g/mol. The molecule has 0 aliphatic carbocycles. The number of H-pyrrole nitrogens is 1. The number of hydrogen-bond acceptors (Lipinski definition) is 3. The maximum Gasteiger partial charge on any atom is 0.274 e. The van der Waals surface area contributed by atoms with Crippen molar-refractivity contribution in [1.82, 2.24) is 24.4 Å². The summed E-state index contributed by atoms with van der Waals surface area (Å²) in [5, 5.41) is 0.647. The quantitative estimate of drug-likeness (QED) is 0.807. The molecule has 3 aromatic rings. The van der Waals surface area contributed by atoms with Gasteiger partial charge in [0.05, 0.1) is 23.4 Å². The minimum absolute atomic E-state index is 0.147. The molecule has 0 fully saturated rings. The molecule has 0 saturated carbocycles. The second-order valence-corrected chi connectivity index (χ2v) is 5.74. The number of hydrogen-bond donors (Lipinski definition) is 1. The van der Waals surface area contributed by atoms with Crippen LogP contribution in [0.1, 0.15) is 29.3 Å². The van der Waals surface area contributed by atoms with Crippen LogP contribution in [0, 0.1) is 0 Å². The molecule has 1 amide bonds. The Morgan fingerprint density at radius 3 is 2.91 bits per heavy atom. The van der Waals surface area contributed by atoms with Crippen molar-refractivity contribution in [2.75, 3.05) is 7.05 Å².